The van der Waals surface area contributed by atoms with E-state index in [1.165, 1.54) is 18.2 Å². The third-order valence-electron chi connectivity index (χ3n) is 3.00. The fourth-order valence-corrected chi connectivity index (χ4v) is 2.10. The lowest BCUT2D eigenvalue weighted by molar-refractivity contribution is -0.383. The Hall–Kier alpha value is -2.67. The minimum absolute atomic E-state index is 0.0787. The Bertz CT molecular complexity index is 727. The van der Waals surface area contributed by atoms with Crippen molar-refractivity contribution in [3.8, 4) is 0 Å². The molecule has 0 bridgehead atoms. The number of rotatable bonds is 6. The fourth-order valence-electron chi connectivity index (χ4n) is 1.93. The van der Waals surface area contributed by atoms with E-state index in [-0.39, 0.29) is 22.8 Å². The molecule has 1 aromatic carbocycles. The SMILES string of the molecule is O=Cc1cccn1CCC(=O)Nc1ccc(Cl)cc1[N+](=O)[O-]. The summed E-state index contributed by atoms with van der Waals surface area (Å²) in [6.45, 7) is 0.300. The van der Waals surface area contributed by atoms with Gasteiger partial charge in [-0.3, -0.25) is 19.7 Å². The Balaban J connectivity index is 2.03. The largest absolute Gasteiger partial charge is 0.345 e. The number of carbonyl (C=O) groups excluding carboxylic acids is 2. The number of halogens is 1. The summed E-state index contributed by atoms with van der Waals surface area (Å²) in [6, 6.07) is 7.35. The molecular weight excluding hydrogens is 310 g/mol. The summed E-state index contributed by atoms with van der Waals surface area (Å²) >= 11 is 5.71. The molecule has 0 aliphatic heterocycles. The van der Waals surface area contributed by atoms with Crippen molar-refractivity contribution in [1.29, 1.82) is 0 Å². The molecule has 1 aromatic heterocycles. The van der Waals surface area contributed by atoms with E-state index < -0.39 is 10.8 Å². The Labute approximate surface area is 130 Å². The van der Waals surface area contributed by atoms with Crippen molar-refractivity contribution >= 4 is 35.2 Å². The van der Waals surface area contributed by atoms with Crippen LogP contribution in [0.2, 0.25) is 5.02 Å². The van der Waals surface area contributed by atoms with Crippen LogP contribution in [-0.2, 0) is 11.3 Å². The summed E-state index contributed by atoms with van der Waals surface area (Å²) in [6.07, 6.45) is 2.46. The third-order valence-corrected chi connectivity index (χ3v) is 3.23. The van der Waals surface area contributed by atoms with E-state index in [4.69, 9.17) is 11.6 Å². The van der Waals surface area contributed by atoms with Crippen LogP contribution in [-0.4, -0.2) is 21.7 Å². The molecule has 0 saturated carbocycles. The lowest BCUT2D eigenvalue weighted by Gasteiger charge is -2.08. The number of carbonyl (C=O) groups is 2. The van der Waals surface area contributed by atoms with Crippen molar-refractivity contribution in [3.05, 3.63) is 57.4 Å². The molecule has 0 radical (unpaired) electrons. The van der Waals surface area contributed by atoms with Gasteiger partial charge in [0.25, 0.3) is 5.69 Å². The van der Waals surface area contributed by atoms with Crippen molar-refractivity contribution in [2.75, 3.05) is 5.32 Å². The summed E-state index contributed by atoms with van der Waals surface area (Å²) in [5.41, 5.74) is 0.281. The highest BCUT2D eigenvalue weighted by Crippen LogP contribution is 2.27. The van der Waals surface area contributed by atoms with Gasteiger partial charge in [-0.2, -0.15) is 0 Å². The summed E-state index contributed by atoms with van der Waals surface area (Å²) in [5, 5.41) is 13.6. The highest BCUT2D eigenvalue weighted by Gasteiger charge is 2.16. The first-order valence-corrected chi connectivity index (χ1v) is 6.73. The molecule has 0 saturated heterocycles. The molecule has 1 heterocycles. The quantitative estimate of drug-likeness (QED) is 0.503. The van der Waals surface area contributed by atoms with Gasteiger partial charge in [-0.15, -0.1) is 0 Å². The minimum Gasteiger partial charge on any atom is -0.345 e. The van der Waals surface area contributed by atoms with Crippen LogP contribution in [0.25, 0.3) is 0 Å². The van der Waals surface area contributed by atoms with Gasteiger partial charge in [0.15, 0.2) is 6.29 Å². The number of aldehydes is 1. The first-order chi connectivity index (χ1) is 10.5. The normalized spacial score (nSPS) is 10.2. The standard InChI is InChI=1S/C14H12ClN3O4/c15-10-3-4-12(13(8-10)18(21)22)16-14(20)5-7-17-6-1-2-11(17)9-19/h1-4,6,8-9H,5,7H2,(H,16,20). The number of nitro benzene ring substituents is 1. The number of hydrogen-bond acceptors (Lipinski definition) is 4. The second kappa shape index (κ2) is 6.86. The second-order valence-corrected chi connectivity index (χ2v) is 4.90. The van der Waals surface area contributed by atoms with E-state index in [1.807, 2.05) is 0 Å². The third kappa shape index (κ3) is 3.70. The summed E-state index contributed by atoms with van der Waals surface area (Å²) in [4.78, 5) is 33.0. The fraction of sp³-hybridized carbons (Fsp3) is 0.143. The Morgan fingerprint density at radius 3 is 2.86 bits per heavy atom. The molecule has 8 heteroatoms. The Morgan fingerprint density at radius 2 is 2.18 bits per heavy atom. The van der Waals surface area contributed by atoms with Crippen LogP contribution < -0.4 is 5.32 Å². The number of aryl methyl sites for hydroxylation is 1. The molecular formula is C14H12ClN3O4. The average Bonchev–Trinajstić information content (AvgIpc) is 2.94. The number of aromatic nitrogens is 1. The number of nitro groups is 1. The summed E-state index contributed by atoms with van der Waals surface area (Å²) in [7, 11) is 0. The number of hydrogen-bond donors (Lipinski definition) is 1. The molecule has 22 heavy (non-hydrogen) atoms. The average molecular weight is 322 g/mol. The molecule has 1 N–H and O–H groups in total. The number of benzene rings is 1. The number of nitrogens with one attached hydrogen (secondary N) is 1. The highest BCUT2D eigenvalue weighted by atomic mass is 35.5. The van der Waals surface area contributed by atoms with Gasteiger partial charge in [-0.05, 0) is 24.3 Å². The topological polar surface area (TPSA) is 94.2 Å². The predicted octanol–water partition coefficient (Wildman–Crippen LogP) is 2.89. The Morgan fingerprint density at radius 1 is 1.41 bits per heavy atom. The monoisotopic (exact) mass is 321 g/mol. The smallest absolute Gasteiger partial charge is 0.294 e. The van der Waals surface area contributed by atoms with Crippen molar-refractivity contribution in [1.82, 2.24) is 4.57 Å². The van der Waals surface area contributed by atoms with Crippen molar-refractivity contribution < 1.29 is 14.5 Å². The highest BCUT2D eigenvalue weighted by molar-refractivity contribution is 6.31. The first-order valence-electron chi connectivity index (χ1n) is 6.35. The Kier molecular flexibility index (Phi) is 4.90. The predicted molar refractivity (Wildman–Crippen MR) is 81.2 cm³/mol. The zero-order valence-corrected chi connectivity index (χ0v) is 12.1. The van der Waals surface area contributed by atoms with Gasteiger partial charge in [-0.1, -0.05) is 11.6 Å². The van der Waals surface area contributed by atoms with Gasteiger partial charge in [-0.25, -0.2) is 0 Å². The van der Waals surface area contributed by atoms with E-state index in [9.17, 15) is 19.7 Å². The lowest BCUT2D eigenvalue weighted by Crippen LogP contribution is -2.15. The molecule has 0 aliphatic rings. The summed E-state index contributed by atoms with van der Waals surface area (Å²) in [5.74, 6) is -0.393. The second-order valence-electron chi connectivity index (χ2n) is 4.46. The van der Waals surface area contributed by atoms with E-state index in [0.717, 1.165) is 0 Å². The van der Waals surface area contributed by atoms with Gasteiger partial charge >= 0.3 is 0 Å². The van der Waals surface area contributed by atoms with Gasteiger partial charge in [0.1, 0.15) is 5.69 Å². The van der Waals surface area contributed by atoms with Crippen LogP contribution in [0.15, 0.2) is 36.5 Å². The molecule has 114 valence electrons. The van der Waals surface area contributed by atoms with Gasteiger partial charge in [0.2, 0.25) is 5.91 Å². The van der Waals surface area contributed by atoms with Crippen LogP contribution in [0, 0.1) is 10.1 Å². The zero-order chi connectivity index (χ0) is 16.1. The molecule has 0 unspecified atom stereocenters. The van der Waals surface area contributed by atoms with E-state index >= 15 is 0 Å². The van der Waals surface area contributed by atoms with Gasteiger partial charge < -0.3 is 9.88 Å². The number of amides is 1. The maximum Gasteiger partial charge on any atom is 0.294 e. The maximum atomic E-state index is 11.9. The van der Waals surface area contributed by atoms with E-state index in [2.05, 4.69) is 5.32 Å². The molecule has 7 nitrogen and oxygen atoms in total. The van der Waals surface area contributed by atoms with Crippen LogP contribution in [0.4, 0.5) is 11.4 Å². The van der Waals surface area contributed by atoms with Crippen LogP contribution >= 0.6 is 11.6 Å². The first kappa shape index (κ1) is 15.7. The minimum atomic E-state index is -0.613. The number of nitrogens with zero attached hydrogens (tertiary/aromatic N) is 2. The lowest BCUT2D eigenvalue weighted by atomic mass is 10.2. The van der Waals surface area contributed by atoms with Crippen molar-refractivity contribution in [3.63, 3.8) is 0 Å². The van der Waals surface area contributed by atoms with Gasteiger partial charge in [0, 0.05) is 30.3 Å². The van der Waals surface area contributed by atoms with Crippen LogP contribution in [0.5, 0.6) is 0 Å². The molecule has 0 atom stereocenters. The molecule has 0 aliphatic carbocycles. The molecule has 0 fully saturated rings. The van der Waals surface area contributed by atoms with Crippen molar-refractivity contribution in [2.24, 2.45) is 0 Å². The van der Waals surface area contributed by atoms with Crippen molar-refractivity contribution in [2.45, 2.75) is 13.0 Å². The molecule has 1 amide bonds. The van der Waals surface area contributed by atoms with Crippen LogP contribution in [0.1, 0.15) is 16.9 Å². The molecule has 2 rings (SSSR count). The van der Waals surface area contributed by atoms with E-state index in [0.29, 0.717) is 18.5 Å². The maximum absolute atomic E-state index is 11.9. The number of anilines is 1. The van der Waals surface area contributed by atoms with Gasteiger partial charge in [0.05, 0.1) is 10.6 Å². The summed E-state index contributed by atoms with van der Waals surface area (Å²) < 4.78 is 1.63. The molecule has 2 aromatic rings. The molecule has 0 spiro atoms. The van der Waals surface area contributed by atoms with Crippen LogP contribution in [0.3, 0.4) is 0 Å². The van der Waals surface area contributed by atoms with E-state index in [1.54, 1.807) is 22.9 Å². The zero-order valence-electron chi connectivity index (χ0n) is 11.4.